The third kappa shape index (κ3) is 6.52. The molecule has 2 amide bonds. The van der Waals surface area contributed by atoms with E-state index < -0.39 is 0 Å². The van der Waals surface area contributed by atoms with Crippen LogP contribution in [-0.4, -0.2) is 87.4 Å². The fourth-order valence-electron chi connectivity index (χ4n) is 11.7. The van der Waals surface area contributed by atoms with Crippen molar-refractivity contribution in [2.75, 3.05) is 65.8 Å². The molecule has 0 aromatic rings. The average Bonchev–Trinajstić information content (AvgIpc) is 2.90. The third-order valence-corrected chi connectivity index (χ3v) is 12.5. The maximum absolute atomic E-state index is 13.7. The molecule has 1 saturated heterocycles. The molecule has 0 atom stereocenters. The van der Waals surface area contributed by atoms with Gasteiger partial charge in [-0.1, -0.05) is 0 Å². The SMILES string of the molecule is O=C(CC12CC3CC(CC(C3)C1)C2)N1CCOCCOCCN(C(=O)CC23CC4CC(CC(C4)C2)C3)CCOCC1. The molecular weight excluding hydrogens is 516 g/mol. The third-order valence-electron chi connectivity index (χ3n) is 12.5. The van der Waals surface area contributed by atoms with Crippen molar-refractivity contribution in [3.8, 4) is 0 Å². The van der Waals surface area contributed by atoms with Crippen molar-refractivity contribution in [2.45, 2.75) is 89.9 Å². The van der Waals surface area contributed by atoms with Crippen molar-refractivity contribution in [1.29, 1.82) is 0 Å². The first-order valence-corrected chi connectivity index (χ1v) is 17.2. The molecule has 0 spiro atoms. The van der Waals surface area contributed by atoms with Crippen LogP contribution in [0.15, 0.2) is 0 Å². The Balaban J connectivity index is 0.928. The normalized spacial score (nSPS) is 43.1. The summed E-state index contributed by atoms with van der Waals surface area (Å²) < 4.78 is 17.8. The van der Waals surface area contributed by atoms with E-state index in [1.165, 1.54) is 77.0 Å². The van der Waals surface area contributed by atoms with Gasteiger partial charge in [-0.15, -0.1) is 0 Å². The second-order valence-electron chi connectivity index (χ2n) is 15.8. The monoisotopic (exact) mass is 570 g/mol. The Morgan fingerprint density at radius 1 is 0.463 bits per heavy atom. The van der Waals surface area contributed by atoms with Gasteiger partial charge in [-0.2, -0.15) is 0 Å². The van der Waals surface area contributed by atoms with Crippen molar-refractivity contribution in [1.82, 2.24) is 9.80 Å². The zero-order valence-corrected chi connectivity index (χ0v) is 25.4. The van der Waals surface area contributed by atoms with Crippen LogP contribution < -0.4 is 0 Å². The number of rotatable bonds is 4. The highest BCUT2D eigenvalue weighted by atomic mass is 16.5. The van der Waals surface area contributed by atoms with E-state index in [4.69, 9.17) is 14.2 Å². The Morgan fingerprint density at radius 2 is 0.732 bits per heavy atom. The highest BCUT2D eigenvalue weighted by molar-refractivity contribution is 5.77. The minimum absolute atomic E-state index is 0.246. The molecule has 8 aliphatic carbocycles. The van der Waals surface area contributed by atoms with Gasteiger partial charge in [0.15, 0.2) is 0 Å². The van der Waals surface area contributed by atoms with Crippen LogP contribution >= 0.6 is 0 Å². The minimum atomic E-state index is 0.246. The number of amides is 2. The topological polar surface area (TPSA) is 68.3 Å². The lowest BCUT2D eigenvalue weighted by Gasteiger charge is -2.57. The first kappa shape index (κ1) is 28.6. The second kappa shape index (κ2) is 12.1. The number of carbonyl (C=O) groups excluding carboxylic acids is 2. The van der Waals surface area contributed by atoms with Gasteiger partial charge < -0.3 is 24.0 Å². The standard InChI is InChI=1S/C34H54N2O5/c37-31(23-33-17-25-11-26(18-33)13-27(12-25)19-33)35-1-5-39-6-2-36(4-8-41-10-9-40-7-3-35)32(38)24-34-20-28-14-29(21-34)16-30(15-28)22-34/h25-30H,1-24H2. The highest BCUT2D eigenvalue weighted by Gasteiger charge is 2.53. The van der Waals surface area contributed by atoms with Gasteiger partial charge in [-0.05, 0) is 123 Å². The summed E-state index contributed by atoms with van der Waals surface area (Å²) in [4.78, 5) is 31.3. The molecule has 9 fully saturated rings. The minimum Gasteiger partial charge on any atom is -0.378 e. The van der Waals surface area contributed by atoms with Crippen molar-refractivity contribution < 1.29 is 23.8 Å². The maximum Gasteiger partial charge on any atom is 0.223 e. The molecule has 7 heteroatoms. The summed E-state index contributed by atoms with van der Waals surface area (Å²) >= 11 is 0. The van der Waals surface area contributed by atoms with E-state index >= 15 is 0 Å². The summed E-state index contributed by atoms with van der Waals surface area (Å²) in [7, 11) is 0. The molecule has 8 bridgehead atoms. The smallest absolute Gasteiger partial charge is 0.223 e. The fraction of sp³-hybridized carbons (Fsp3) is 0.941. The first-order chi connectivity index (χ1) is 19.9. The molecule has 9 aliphatic rings. The Bertz CT molecular complexity index is 807. The van der Waals surface area contributed by atoms with Gasteiger partial charge in [-0.3, -0.25) is 9.59 Å². The fourth-order valence-corrected chi connectivity index (χ4v) is 11.7. The lowest BCUT2D eigenvalue weighted by molar-refractivity contribution is -0.141. The predicted octanol–water partition coefficient (Wildman–Crippen LogP) is 4.92. The van der Waals surface area contributed by atoms with E-state index in [0.717, 1.165) is 35.5 Å². The second-order valence-corrected chi connectivity index (χ2v) is 15.8. The number of carbonyl (C=O) groups is 2. The molecule has 0 aromatic heterocycles. The van der Waals surface area contributed by atoms with Gasteiger partial charge >= 0.3 is 0 Å². The number of ether oxygens (including phenoxy) is 3. The van der Waals surface area contributed by atoms with E-state index in [9.17, 15) is 9.59 Å². The summed E-state index contributed by atoms with van der Waals surface area (Å²) in [6, 6.07) is 0. The van der Waals surface area contributed by atoms with Crippen LogP contribution in [0, 0.1) is 46.3 Å². The van der Waals surface area contributed by atoms with Crippen LogP contribution in [0.3, 0.4) is 0 Å². The number of hydrogen-bond donors (Lipinski definition) is 0. The van der Waals surface area contributed by atoms with E-state index in [0.29, 0.717) is 78.7 Å². The molecule has 0 unspecified atom stereocenters. The summed E-state index contributed by atoms with van der Waals surface area (Å²) in [5, 5.41) is 0. The lowest BCUT2D eigenvalue weighted by atomic mass is 9.49. The molecule has 7 nitrogen and oxygen atoms in total. The van der Waals surface area contributed by atoms with Crippen LogP contribution in [0.4, 0.5) is 0 Å². The van der Waals surface area contributed by atoms with Gasteiger partial charge in [0.05, 0.1) is 39.6 Å². The molecule has 1 heterocycles. The van der Waals surface area contributed by atoms with E-state index in [2.05, 4.69) is 0 Å². The molecule has 9 rings (SSSR count). The zero-order chi connectivity index (χ0) is 27.9. The van der Waals surface area contributed by atoms with Gasteiger partial charge in [0, 0.05) is 39.0 Å². The average molecular weight is 571 g/mol. The molecule has 41 heavy (non-hydrogen) atoms. The zero-order valence-electron chi connectivity index (χ0n) is 25.4. The number of nitrogens with zero attached hydrogens (tertiary/aromatic N) is 2. The van der Waals surface area contributed by atoms with Gasteiger partial charge in [0.1, 0.15) is 0 Å². The summed E-state index contributed by atoms with van der Waals surface area (Å²) in [6.45, 7) is 5.58. The van der Waals surface area contributed by atoms with Gasteiger partial charge in [0.2, 0.25) is 11.8 Å². The van der Waals surface area contributed by atoms with Crippen molar-refractivity contribution in [3.05, 3.63) is 0 Å². The van der Waals surface area contributed by atoms with E-state index in [1.54, 1.807) is 0 Å². The quantitative estimate of drug-likeness (QED) is 0.480. The van der Waals surface area contributed by atoms with E-state index in [1.807, 2.05) is 9.80 Å². The van der Waals surface area contributed by atoms with Crippen LogP contribution in [0.5, 0.6) is 0 Å². The van der Waals surface area contributed by atoms with E-state index in [-0.39, 0.29) is 22.6 Å². The summed E-state index contributed by atoms with van der Waals surface area (Å²) in [5.41, 5.74) is 0.492. The van der Waals surface area contributed by atoms with Crippen molar-refractivity contribution in [2.24, 2.45) is 46.3 Å². The predicted molar refractivity (Wildman–Crippen MR) is 156 cm³/mol. The molecule has 8 saturated carbocycles. The summed E-state index contributed by atoms with van der Waals surface area (Å²) in [5.74, 6) is 5.72. The van der Waals surface area contributed by atoms with Crippen LogP contribution in [0.1, 0.15) is 89.9 Å². The van der Waals surface area contributed by atoms with Crippen LogP contribution in [-0.2, 0) is 23.8 Å². The molecule has 0 radical (unpaired) electrons. The Labute approximate surface area is 247 Å². The van der Waals surface area contributed by atoms with Gasteiger partial charge in [-0.25, -0.2) is 0 Å². The molecule has 1 aliphatic heterocycles. The number of hydrogen-bond acceptors (Lipinski definition) is 5. The largest absolute Gasteiger partial charge is 0.378 e. The van der Waals surface area contributed by atoms with Crippen molar-refractivity contribution >= 4 is 11.8 Å². The lowest BCUT2D eigenvalue weighted by Crippen LogP contribution is -2.49. The van der Waals surface area contributed by atoms with Crippen LogP contribution in [0.25, 0.3) is 0 Å². The Morgan fingerprint density at radius 3 is 1.02 bits per heavy atom. The molecular formula is C34H54N2O5. The maximum atomic E-state index is 13.7. The molecule has 0 N–H and O–H groups in total. The molecule has 0 aromatic carbocycles. The Hall–Kier alpha value is -1.18. The molecule has 230 valence electrons. The van der Waals surface area contributed by atoms with Crippen LogP contribution in [0.2, 0.25) is 0 Å². The van der Waals surface area contributed by atoms with Gasteiger partial charge in [0.25, 0.3) is 0 Å². The highest BCUT2D eigenvalue weighted by Crippen LogP contribution is 2.62. The summed E-state index contributed by atoms with van der Waals surface area (Å²) in [6.07, 6.45) is 17.4. The first-order valence-electron chi connectivity index (χ1n) is 17.2. The Kier molecular flexibility index (Phi) is 8.42. The van der Waals surface area contributed by atoms with Crippen molar-refractivity contribution in [3.63, 3.8) is 0 Å².